The van der Waals surface area contributed by atoms with Gasteiger partial charge in [-0.2, -0.15) is 0 Å². The van der Waals surface area contributed by atoms with Crippen molar-refractivity contribution in [1.29, 1.82) is 0 Å². The number of aromatic nitrogens is 1. The summed E-state index contributed by atoms with van der Waals surface area (Å²) >= 11 is 0. The minimum atomic E-state index is -0.278. The van der Waals surface area contributed by atoms with Gasteiger partial charge in [0.25, 0.3) is 0 Å². The fourth-order valence-corrected chi connectivity index (χ4v) is 2.77. The molecule has 0 N–H and O–H groups in total. The number of aryl methyl sites for hydroxylation is 2. The zero-order chi connectivity index (χ0) is 17.8. The Morgan fingerprint density at radius 1 is 1.00 bits per heavy atom. The molecule has 3 aromatic rings. The molecule has 25 heavy (non-hydrogen) atoms. The van der Waals surface area contributed by atoms with Crippen LogP contribution >= 0.6 is 0 Å². The molecule has 0 spiro atoms. The third-order valence-electron chi connectivity index (χ3n) is 4.26. The van der Waals surface area contributed by atoms with Crippen molar-refractivity contribution in [3.8, 4) is 11.3 Å². The Bertz CT molecular complexity index is 898. The maximum atomic E-state index is 12.6. The summed E-state index contributed by atoms with van der Waals surface area (Å²) in [5.74, 6) is -0.278. The number of esters is 1. The normalized spacial score (nSPS) is 10.8. The van der Waals surface area contributed by atoms with E-state index in [2.05, 4.69) is 26.0 Å². The van der Waals surface area contributed by atoms with Crippen LogP contribution in [0.1, 0.15) is 41.3 Å². The first-order chi connectivity index (χ1) is 12.1. The molecule has 0 unspecified atom stereocenters. The lowest BCUT2D eigenvalue weighted by atomic mass is 10.0. The van der Waals surface area contributed by atoms with Crippen LogP contribution < -0.4 is 0 Å². The molecule has 0 aliphatic rings. The van der Waals surface area contributed by atoms with Crippen LogP contribution in [0.2, 0.25) is 0 Å². The van der Waals surface area contributed by atoms with Gasteiger partial charge in [0.2, 0.25) is 0 Å². The van der Waals surface area contributed by atoms with Gasteiger partial charge < -0.3 is 4.74 Å². The Kier molecular flexibility index (Phi) is 5.13. The van der Waals surface area contributed by atoms with Crippen molar-refractivity contribution in [2.75, 3.05) is 6.61 Å². The summed E-state index contributed by atoms with van der Waals surface area (Å²) in [6.07, 6.45) is 1.87. The number of rotatable bonds is 5. The van der Waals surface area contributed by atoms with E-state index < -0.39 is 0 Å². The second kappa shape index (κ2) is 7.47. The summed E-state index contributed by atoms with van der Waals surface area (Å²) in [5, 5.41) is 0.845. The maximum absolute atomic E-state index is 12.6. The molecule has 1 aromatic heterocycles. The molecular formula is C22H23NO2. The molecule has 0 amide bonds. The van der Waals surface area contributed by atoms with E-state index in [1.165, 1.54) is 5.56 Å². The van der Waals surface area contributed by atoms with Crippen molar-refractivity contribution in [3.05, 3.63) is 65.2 Å². The quantitative estimate of drug-likeness (QED) is 0.459. The van der Waals surface area contributed by atoms with Gasteiger partial charge in [0, 0.05) is 10.9 Å². The van der Waals surface area contributed by atoms with E-state index in [1.54, 1.807) is 0 Å². The summed E-state index contributed by atoms with van der Waals surface area (Å²) in [6, 6.07) is 16.0. The van der Waals surface area contributed by atoms with E-state index in [9.17, 15) is 4.79 Å². The van der Waals surface area contributed by atoms with Crippen LogP contribution in [0.15, 0.2) is 48.5 Å². The Morgan fingerprint density at radius 2 is 1.72 bits per heavy atom. The molecule has 0 bridgehead atoms. The van der Waals surface area contributed by atoms with E-state index in [4.69, 9.17) is 9.72 Å². The fourth-order valence-electron chi connectivity index (χ4n) is 2.77. The van der Waals surface area contributed by atoms with E-state index in [-0.39, 0.29) is 5.97 Å². The average Bonchev–Trinajstić information content (AvgIpc) is 2.61. The number of unbranched alkanes of at least 4 members (excludes halogenated alkanes) is 1. The van der Waals surface area contributed by atoms with Crippen molar-refractivity contribution in [3.63, 3.8) is 0 Å². The van der Waals surface area contributed by atoms with Gasteiger partial charge >= 0.3 is 5.97 Å². The lowest BCUT2D eigenvalue weighted by Crippen LogP contribution is -2.08. The van der Waals surface area contributed by atoms with Crippen LogP contribution in [-0.2, 0) is 4.74 Å². The number of hydrogen-bond acceptors (Lipinski definition) is 3. The molecule has 0 radical (unpaired) electrons. The fraction of sp³-hybridized carbons (Fsp3) is 0.273. The van der Waals surface area contributed by atoms with Gasteiger partial charge in [0.1, 0.15) is 0 Å². The van der Waals surface area contributed by atoms with Crippen molar-refractivity contribution in [2.24, 2.45) is 0 Å². The molecule has 0 saturated carbocycles. The van der Waals surface area contributed by atoms with Gasteiger partial charge in [-0.1, -0.05) is 54.8 Å². The van der Waals surface area contributed by atoms with E-state index >= 15 is 0 Å². The first-order valence-electron chi connectivity index (χ1n) is 8.74. The third-order valence-corrected chi connectivity index (χ3v) is 4.26. The van der Waals surface area contributed by atoms with Gasteiger partial charge in [-0.05, 0) is 38.5 Å². The first kappa shape index (κ1) is 17.2. The molecule has 1 heterocycles. The SMILES string of the molecule is CCCCOC(=O)c1cc(-c2ccc(C)cc2)nc2ccc(C)cc12. The van der Waals surface area contributed by atoms with Crippen LogP contribution in [0.3, 0.4) is 0 Å². The Morgan fingerprint density at radius 3 is 2.44 bits per heavy atom. The Hall–Kier alpha value is -2.68. The molecule has 3 heteroatoms. The third kappa shape index (κ3) is 3.87. The number of hydrogen-bond donors (Lipinski definition) is 0. The predicted molar refractivity (Wildman–Crippen MR) is 102 cm³/mol. The maximum Gasteiger partial charge on any atom is 0.338 e. The topological polar surface area (TPSA) is 39.2 Å². The molecule has 2 aromatic carbocycles. The van der Waals surface area contributed by atoms with Gasteiger partial charge in [0.15, 0.2) is 0 Å². The molecule has 3 nitrogen and oxygen atoms in total. The van der Waals surface area contributed by atoms with Crippen molar-refractivity contribution in [2.45, 2.75) is 33.6 Å². The second-order valence-electron chi connectivity index (χ2n) is 6.43. The standard InChI is InChI=1S/C22H23NO2/c1-4-5-12-25-22(24)19-14-21(17-9-6-15(2)7-10-17)23-20-11-8-16(3)13-18(19)20/h6-11,13-14H,4-5,12H2,1-3H3. The van der Waals surface area contributed by atoms with Crippen LogP contribution in [0.25, 0.3) is 22.2 Å². The molecule has 0 atom stereocenters. The average molecular weight is 333 g/mol. The largest absolute Gasteiger partial charge is 0.462 e. The Labute approximate surface area is 148 Å². The van der Waals surface area contributed by atoms with Crippen molar-refractivity contribution >= 4 is 16.9 Å². The lowest BCUT2D eigenvalue weighted by molar-refractivity contribution is 0.0502. The molecule has 3 rings (SSSR count). The second-order valence-corrected chi connectivity index (χ2v) is 6.43. The summed E-state index contributed by atoms with van der Waals surface area (Å²) in [7, 11) is 0. The van der Waals surface area contributed by atoms with E-state index in [1.807, 2.05) is 43.3 Å². The first-order valence-corrected chi connectivity index (χ1v) is 8.74. The van der Waals surface area contributed by atoms with Crippen LogP contribution in [-0.4, -0.2) is 17.6 Å². The summed E-state index contributed by atoms with van der Waals surface area (Å²) in [5.41, 5.74) is 5.47. The summed E-state index contributed by atoms with van der Waals surface area (Å²) < 4.78 is 5.46. The van der Waals surface area contributed by atoms with E-state index in [0.717, 1.165) is 40.6 Å². The number of ether oxygens (including phenoxy) is 1. The molecule has 0 saturated heterocycles. The monoisotopic (exact) mass is 333 g/mol. The van der Waals surface area contributed by atoms with Crippen LogP contribution in [0.5, 0.6) is 0 Å². The zero-order valence-electron chi connectivity index (χ0n) is 15.0. The smallest absolute Gasteiger partial charge is 0.338 e. The van der Waals surface area contributed by atoms with Gasteiger partial charge in [-0.3, -0.25) is 0 Å². The summed E-state index contributed by atoms with van der Waals surface area (Å²) in [4.78, 5) is 17.4. The minimum Gasteiger partial charge on any atom is -0.462 e. The van der Waals surface area contributed by atoms with Crippen LogP contribution in [0, 0.1) is 13.8 Å². The highest BCUT2D eigenvalue weighted by Crippen LogP contribution is 2.26. The number of fused-ring (bicyclic) bond motifs is 1. The summed E-state index contributed by atoms with van der Waals surface area (Å²) in [6.45, 7) is 6.59. The van der Waals surface area contributed by atoms with Crippen molar-refractivity contribution in [1.82, 2.24) is 4.98 Å². The van der Waals surface area contributed by atoms with Crippen molar-refractivity contribution < 1.29 is 9.53 Å². The number of carbonyl (C=O) groups excluding carboxylic acids is 1. The number of pyridine rings is 1. The molecular weight excluding hydrogens is 310 g/mol. The predicted octanol–water partition coefficient (Wildman–Crippen LogP) is 5.48. The number of nitrogens with zero attached hydrogens (tertiary/aromatic N) is 1. The number of benzene rings is 2. The minimum absolute atomic E-state index is 0.278. The highest BCUT2D eigenvalue weighted by molar-refractivity contribution is 6.04. The zero-order valence-corrected chi connectivity index (χ0v) is 15.0. The molecule has 0 aliphatic carbocycles. The lowest BCUT2D eigenvalue weighted by Gasteiger charge is -2.11. The highest BCUT2D eigenvalue weighted by Gasteiger charge is 2.15. The molecule has 128 valence electrons. The number of carbonyl (C=O) groups is 1. The molecule has 0 aliphatic heterocycles. The van der Waals surface area contributed by atoms with Gasteiger partial charge in [0.05, 0.1) is 23.4 Å². The Balaban J connectivity index is 2.09. The molecule has 0 fully saturated rings. The van der Waals surface area contributed by atoms with Gasteiger partial charge in [-0.15, -0.1) is 0 Å². The van der Waals surface area contributed by atoms with E-state index in [0.29, 0.717) is 12.2 Å². The highest BCUT2D eigenvalue weighted by atomic mass is 16.5. The van der Waals surface area contributed by atoms with Crippen LogP contribution in [0.4, 0.5) is 0 Å². The van der Waals surface area contributed by atoms with Gasteiger partial charge in [-0.25, -0.2) is 9.78 Å².